The fourth-order valence-corrected chi connectivity index (χ4v) is 3.48. The van der Waals surface area contributed by atoms with Crippen molar-refractivity contribution in [1.29, 1.82) is 0 Å². The van der Waals surface area contributed by atoms with Gasteiger partial charge in [-0.15, -0.1) is 0 Å². The molecule has 0 aliphatic carbocycles. The van der Waals surface area contributed by atoms with Crippen molar-refractivity contribution in [1.82, 2.24) is 24.1 Å². The molecular weight excluding hydrogens is 474 g/mol. The predicted molar refractivity (Wildman–Crippen MR) is 132 cm³/mol. The lowest BCUT2D eigenvalue weighted by Crippen LogP contribution is -2.23. The van der Waals surface area contributed by atoms with Gasteiger partial charge in [0.25, 0.3) is 0 Å². The van der Waals surface area contributed by atoms with Crippen LogP contribution in [0, 0.1) is 6.92 Å². The van der Waals surface area contributed by atoms with Crippen molar-refractivity contribution >= 4 is 22.1 Å². The summed E-state index contributed by atoms with van der Waals surface area (Å²) in [6.45, 7) is 1.95. The molecule has 3 rings (SSSR count). The van der Waals surface area contributed by atoms with E-state index in [4.69, 9.17) is 15.2 Å². The summed E-state index contributed by atoms with van der Waals surface area (Å²) < 4.78 is 41.8. The molecule has 0 saturated heterocycles. The zero-order valence-corrected chi connectivity index (χ0v) is 20.9. The molecule has 0 amide bonds. The Bertz CT molecular complexity index is 1440. The normalized spacial score (nSPS) is 12.5. The van der Waals surface area contributed by atoms with Gasteiger partial charge in [-0.05, 0) is 64.9 Å². The molecule has 2 N–H and O–H groups in total. The van der Waals surface area contributed by atoms with E-state index in [0.29, 0.717) is 34.0 Å². The summed E-state index contributed by atoms with van der Waals surface area (Å²) in [7, 11) is 2.11. The molecular formula is C22H27N7O5S. The Morgan fingerprint density at radius 2 is 1.94 bits per heavy atom. The molecule has 13 heteroatoms. The van der Waals surface area contributed by atoms with Gasteiger partial charge in [0.2, 0.25) is 0 Å². The minimum atomic E-state index is -3.71. The first-order valence-corrected chi connectivity index (χ1v) is 11.8. The number of allylic oxidation sites excluding steroid dienone is 1. The van der Waals surface area contributed by atoms with E-state index in [-0.39, 0.29) is 6.61 Å². The third kappa shape index (κ3) is 5.75. The standard InChI is InChI=1S/C22H27N7O5S/c1-15-13-16(18(23)11-12-24-35(31,32)27(2)3)9-10-20(15)34-14-17-19(7-6-8-21(17)33-5)29-22(30)28(4)25-26-29/h6-13H,14,23H2,1-5H3. The lowest BCUT2D eigenvalue weighted by molar-refractivity contribution is 0.294. The Kier molecular flexibility index (Phi) is 7.71. The highest BCUT2D eigenvalue weighted by Gasteiger charge is 2.16. The molecule has 0 fully saturated rings. The molecule has 1 aromatic heterocycles. The van der Waals surface area contributed by atoms with Crippen LogP contribution in [-0.2, 0) is 23.9 Å². The molecule has 0 atom stereocenters. The zero-order chi connectivity index (χ0) is 25.8. The first-order valence-electron chi connectivity index (χ1n) is 10.4. The van der Waals surface area contributed by atoms with Gasteiger partial charge in [-0.1, -0.05) is 6.07 Å². The summed E-state index contributed by atoms with van der Waals surface area (Å²) >= 11 is 0. The van der Waals surface area contributed by atoms with Crippen LogP contribution < -0.4 is 20.9 Å². The van der Waals surface area contributed by atoms with E-state index in [1.807, 2.05) is 13.0 Å². The van der Waals surface area contributed by atoms with Crippen molar-refractivity contribution < 1.29 is 17.9 Å². The second-order valence-corrected chi connectivity index (χ2v) is 9.50. The lowest BCUT2D eigenvalue weighted by atomic mass is 10.1. The molecule has 1 heterocycles. The summed E-state index contributed by atoms with van der Waals surface area (Å²) in [6, 6.07) is 10.6. The summed E-state index contributed by atoms with van der Waals surface area (Å²) in [4.78, 5) is 12.4. The number of aryl methyl sites for hydroxylation is 2. The van der Waals surface area contributed by atoms with Crippen molar-refractivity contribution in [2.24, 2.45) is 17.2 Å². The third-order valence-electron chi connectivity index (χ3n) is 5.07. The molecule has 35 heavy (non-hydrogen) atoms. The zero-order valence-electron chi connectivity index (χ0n) is 20.0. The number of benzene rings is 2. The molecule has 186 valence electrons. The van der Waals surface area contributed by atoms with E-state index in [0.717, 1.165) is 20.8 Å². The third-order valence-corrected chi connectivity index (χ3v) is 6.38. The number of methoxy groups -OCH3 is 1. The highest BCUT2D eigenvalue weighted by Crippen LogP contribution is 2.28. The van der Waals surface area contributed by atoms with Gasteiger partial charge < -0.3 is 15.2 Å². The molecule has 0 aliphatic rings. The summed E-state index contributed by atoms with van der Waals surface area (Å²) in [5, 5.41) is 7.67. The second kappa shape index (κ2) is 10.5. The van der Waals surface area contributed by atoms with Crippen molar-refractivity contribution in [2.75, 3.05) is 21.2 Å². The predicted octanol–water partition coefficient (Wildman–Crippen LogP) is 1.04. The number of hydrogen-bond donors (Lipinski definition) is 1. The smallest absolute Gasteiger partial charge is 0.368 e. The average Bonchev–Trinajstić information content (AvgIpc) is 3.15. The van der Waals surface area contributed by atoms with Crippen LogP contribution in [0.15, 0.2) is 51.7 Å². The van der Waals surface area contributed by atoms with Crippen LogP contribution in [0.3, 0.4) is 0 Å². The number of nitrogens with zero attached hydrogens (tertiary/aromatic N) is 6. The van der Waals surface area contributed by atoms with Gasteiger partial charge in [-0.3, -0.25) is 0 Å². The molecule has 12 nitrogen and oxygen atoms in total. The van der Waals surface area contributed by atoms with Gasteiger partial charge in [0.1, 0.15) is 18.1 Å². The quantitative estimate of drug-likeness (QED) is 0.428. The first-order chi connectivity index (χ1) is 16.5. The molecule has 0 spiro atoms. The van der Waals surface area contributed by atoms with Crippen LogP contribution in [0.2, 0.25) is 0 Å². The van der Waals surface area contributed by atoms with Crippen LogP contribution in [0.25, 0.3) is 11.4 Å². The SMILES string of the molecule is COc1cccc(-n2nnn(C)c2=O)c1COc1ccc(C(N)=CC=NS(=O)(=O)N(C)C)cc1C. The average molecular weight is 502 g/mol. The van der Waals surface area contributed by atoms with Crippen LogP contribution in [0.4, 0.5) is 0 Å². The largest absolute Gasteiger partial charge is 0.496 e. The van der Waals surface area contributed by atoms with E-state index in [1.165, 1.54) is 39.0 Å². The number of hydrogen-bond acceptors (Lipinski definition) is 8. The molecule has 0 saturated carbocycles. The Hall–Kier alpha value is -3.97. The Labute approximate surface area is 203 Å². The van der Waals surface area contributed by atoms with E-state index in [1.54, 1.807) is 30.3 Å². The monoisotopic (exact) mass is 501 g/mol. The van der Waals surface area contributed by atoms with Crippen LogP contribution >= 0.6 is 0 Å². The Morgan fingerprint density at radius 3 is 2.54 bits per heavy atom. The fraction of sp³-hybridized carbons (Fsp3) is 0.273. The molecule has 0 radical (unpaired) electrons. The summed E-state index contributed by atoms with van der Waals surface area (Å²) in [6.07, 6.45) is 2.55. The Balaban J connectivity index is 1.83. The summed E-state index contributed by atoms with van der Waals surface area (Å²) in [5.74, 6) is 1.13. The van der Waals surface area contributed by atoms with Crippen LogP contribution in [0.1, 0.15) is 16.7 Å². The van der Waals surface area contributed by atoms with Gasteiger partial charge in [-0.2, -0.15) is 26.5 Å². The fourth-order valence-electron chi connectivity index (χ4n) is 3.07. The Morgan fingerprint density at radius 1 is 1.20 bits per heavy atom. The van der Waals surface area contributed by atoms with Gasteiger partial charge in [0.05, 0.1) is 18.4 Å². The lowest BCUT2D eigenvalue weighted by Gasteiger charge is -2.15. The summed E-state index contributed by atoms with van der Waals surface area (Å²) in [5.41, 5.74) is 8.61. The minimum absolute atomic E-state index is 0.100. The van der Waals surface area contributed by atoms with Crippen LogP contribution in [-0.4, -0.2) is 59.9 Å². The first kappa shape index (κ1) is 25.6. The second-order valence-electron chi connectivity index (χ2n) is 7.66. The maximum absolute atomic E-state index is 12.4. The van der Waals surface area contributed by atoms with Crippen LogP contribution in [0.5, 0.6) is 11.5 Å². The van der Waals surface area contributed by atoms with Gasteiger partial charge in [-0.25, -0.2) is 4.79 Å². The highest BCUT2D eigenvalue weighted by molar-refractivity contribution is 7.87. The van der Waals surface area contributed by atoms with Crippen molar-refractivity contribution in [3.63, 3.8) is 0 Å². The van der Waals surface area contributed by atoms with Gasteiger partial charge in [0.15, 0.2) is 0 Å². The number of tetrazole rings is 1. The number of nitrogens with two attached hydrogens (primary N) is 1. The molecule has 0 aliphatic heterocycles. The van der Waals surface area contributed by atoms with E-state index in [2.05, 4.69) is 14.8 Å². The maximum atomic E-state index is 12.4. The number of ether oxygens (including phenoxy) is 2. The maximum Gasteiger partial charge on any atom is 0.368 e. The highest BCUT2D eigenvalue weighted by atomic mass is 32.2. The van der Waals surface area contributed by atoms with Crippen molar-refractivity contribution in [3.8, 4) is 17.2 Å². The van der Waals surface area contributed by atoms with Gasteiger partial charge >= 0.3 is 15.9 Å². The van der Waals surface area contributed by atoms with Gasteiger partial charge in [0, 0.05) is 33.1 Å². The van der Waals surface area contributed by atoms with E-state index >= 15 is 0 Å². The molecule has 2 aromatic carbocycles. The number of aromatic nitrogens is 4. The molecule has 0 unspecified atom stereocenters. The number of rotatable bonds is 9. The van der Waals surface area contributed by atoms with Crippen molar-refractivity contribution in [2.45, 2.75) is 13.5 Å². The van der Waals surface area contributed by atoms with E-state index < -0.39 is 15.9 Å². The molecule has 3 aromatic rings. The van der Waals surface area contributed by atoms with Crippen molar-refractivity contribution in [3.05, 3.63) is 69.6 Å². The molecule has 0 bridgehead atoms. The van der Waals surface area contributed by atoms with E-state index in [9.17, 15) is 13.2 Å². The minimum Gasteiger partial charge on any atom is -0.496 e. The topological polar surface area (TPSA) is 147 Å².